The van der Waals surface area contributed by atoms with E-state index in [4.69, 9.17) is 10.00 Å². The summed E-state index contributed by atoms with van der Waals surface area (Å²) in [4.78, 5) is 14.8. The summed E-state index contributed by atoms with van der Waals surface area (Å²) < 4.78 is 18.7. The molecule has 1 saturated heterocycles. The third-order valence-electron chi connectivity index (χ3n) is 3.99. The van der Waals surface area contributed by atoms with Gasteiger partial charge in [0.2, 0.25) is 0 Å². The van der Waals surface area contributed by atoms with Crippen LogP contribution in [-0.4, -0.2) is 24.0 Å². The second-order valence-corrected chi connectivity index (χ2v) is 5.52. The van der Waals surface area contributed by atoms with E-state index in [-0.39, 0.29) is 23.7 Å². The Morgan fingerprint density at radius 3 is 2.91 bits per heavy atom. The predicted octanol–water partition coefficient (Wildman–Crippen LogP) is 2.53. The van der Waals surface area contributed by atoms with Crippen LogP contribution in [0.4, 0.5) is 4.39 Å². The monoisotopic (exact) mass is 313 g/mol. The number of carbonyl (C=O) groups is 1. The fourth-order valence-electron chi connectivity index (χ4n) is 2.77. The van der Waals surface area contributed by atoms with E-state index in [2.05, 4.69) is 10.3 Å². The van der Waals surface area contributed by atoms with Gasteiger partial charge in [-0.3, -0.25) is 4.79 Å². The van der Waals surface area contributed by atoms with Gasteiger partial charge in [-0.1, -0.05) is 12.1 Å². The molecule has 2 heterocycles. The smallest absolute Gasteiger partial charge is 0.267 e. The number of rotatable bonds is 4. The molecule has 2 N–H and O–H groups in total. The van der Waals surface area contributed by atoms with Crippen molar-refractivity contribution in [3.63, 3.8) is 0 Å². The van der Waals surface area contributed by atoms with Gasteiger partial charge < -0.3 is 15.0 Å². The van der Waals surface area contributed by atoms with Gasteiger partial charge >= 0.3 is 0 Å². The van der Waals surface area contributed by atoms with Crippen LogP contribution in [0, 0.1) is 23.1 Å². The highest BCUT2D eigenvalue weighted by atomic mass is 19.1. The third-order valence-corrected chi connectivity index (χ3v) is 3.99. The summed E-state index contributed by atoms with van der Waals surface area (Å²) in [7, 11) is 0. The van der Waals surface area contributed by atoms with Crippen LogP contribution >= 0.6 is 0 Å². The normalized spacial score (nSPS) is 20.2. The molecule has 2 atom stereocenters. The average molecular weight is 313 g/mol. The lowest BCUT2D eigenvalue weighted by atomic mass is 9.95. The summed E-state index contributed by atoms with van der Waals surface area (Å²) in [6.45, 7) is 1.07. The number of nitrogens with one attached hydrogen (secondary N) is 2. The number of hydrogen-bond donors (Lipinski definition) is 2. The van der Waals surface area contributed by atoms with Gasteiger partial charge in [-0.05, 0) is 30.2 Å². The molecule has 0 unspecified atom stereocenters. The fourth-order valence-corrected chi connectivity index (χ4v) is 2.77. The molecule has 0 aliphatic carbocycles. The number of aromatic amines is 1. The third kappa shape index (κ3) is 3.41. The van der Waals surface area contributed by atoms with Crippen molar-refractivity contribution in [3.8, 4) is 6.07 Å². The Balaban J connectivity index is 1.61. The van der Waals surface area contributed by atoms with Crippen LogP contribution in [0.5, 0.6) is 0 Å². The van der Waals surface area contributed by atoms with E-state index in [1.54, 1.807) is 12.1 Å². The Hall–Kier alpha value is -2.65. The molecule has 2 aromatic rings. The molecular weight excluding hydrogens is 297 g/mol. The van der Waals surface area contributed by atoms with Gasteiger partial charge in [0, 0.05) is 25.3 Å². The van der Waals surface area contributed by atoms with Gasteiger partial charge in [-0.15, -0.1) is 0 Å². The topological polar surface area (TPSA) is 77.9 Å². The number of nitrogens with zero attached hydrogens (tertiary/aromatic N) is 1. The number of H-pyrrole nitrogens is 1. The molecule has 1 aromatic heterocycles. The number of aromatic nitrogens is 1. The van der Waals surface area contributed by atoms with Gasteiger partial charge in [0.1, 0.15) is 17.6 Å². The van der Waals surface area contributed by atoms with Crippen molar-refractivity contribution in [1.82, 2.24) is 10.3 Å². The van der Waals surface area contributed by atoms with E-state index >= 15 is 0 Å². The number of benzene rings is 1. The fraction of sp³-hybridized carbons (Fsp3) is 0.294. The summed E-state index contributed by atoms with van der Waals surface area (Å²) in [5.74, 6) is -0.400. The minimum atomic E-state index is -0.281. The van der Waals surface area contributed by atoms with Gasteiger partial charge in [0.25, 0.3) is 5.91 Å². The van der Waals surface area contributed by atoms with E-state index in [1.807, 2.05) is 6.07 Å². The molecule has 0 radical (unpaired) electrons. The summed E-state index contributed by atoms with van der Waals surface area (Å²) in [6, 6.07) is 9.73. The highest BCUT2D eigenvalue weighted by Gasteiger charge is 2.30. The first-order valence-corrected chi connectivity index (χ1v) is 7.41. The summed E-state index contributed by atoms with van der Waals surface area (Å²) >= 11 is 0. The second kappa shape index (κ2) is 6.63. The zero-order valence-corrected chi connectivity index (χ0v) is 12.4. The molecule has 1 aromatic carbocycles. The molecule has 1 fully saturated rings. The SMILES string of the molecule is N#Cc1c[nH]c(C(=O)NC[C@@H]2CCO[C@H]2c2ccc(F)cc2)c1. The number of halogens is 1. The molecular formula is C17H16FN3O2. The van der Waals surface area contributed by atoms with Crippen molar-refractivity contribution in [2.75, 3.05) is 13.2 Å². The van der Waals surface area contributed by atoms with Crippen LogP contribution in [0.3, 0.4) is 0 Å². The molecule has 6 heteroatoms. The molecule has 0 saturated carbocycles. The van der Waals surface area contributed by atoms with Gasteiger partial charge in [0.15, 0.2) is 0 Å². The van der Waals surface area contributed by atoms with Crippen LogP contribution in [0.2, 0.25) is 0 Å². The number of amides is 1. The number of ether oxygens (including phenoxy) is 1. The maximum Gasteiger partial charge on any atom is 0.267 e. The Morgan fingerprint density at radius 2 is 2.22 bits per heavy atom. The first-order chi connectivity index (χ1) is 11.2. The Morgan fingerprint density at radius 1 is 1.43 bits per heavy atom. The van der Waals surface area contributed by atoms with E-state index in [0.717, 1.165) is 12.0 Å². The lowest BCUT2D eigenvalue weighted by Crippen LogP contribution is -2.30. The van der Waals surface area contributed by atoms with E-state index in [0.29, 0.717) is 24.4 Å². The summed E-state index contributed by atoms with van der Waals surface area (Å²) in [5, 5.41) is 11.6. The number of nitriles is 1. The molecule has 3 rings (SSSR count). The second-order valence-electron chi connectivity index (χ2n) is 5.52. The van der Waals surface area contributed by atoms with Crippen LogP contribution in [0.15, 0.2) is 36.5 Å². The Labute approximate surface area is 133 Å². The molecule has 5 nitrogen and oxygen atoms in total. The predicted molar refractivity (Wildman–Crippen MR) is 81.0 cm³/mol. The first kappa shape index (κ1) is 15.3. The number of carbonyl (C=O) groups excluding carboxylic acids is 1. The maximum atomic E-state index is 13.0. The number of hydrogen-bond acceptors (Lipinski definition) is 3. The molecule has 118 valence electrons. The van der Waals surface area contributed by atoms with Crippen LogP contribution < -0.4 is 5.32 Å². The van der Waals surface area contributed by atoms with Crippen molar-refractivity contribution < 1.29 is 13.9 Å². The maximum absolute atomic E-state index is 13.0. The lowest BCUT2D eigenvalue weighted by molar-refractivity contribution is 0.0844. The standard InChI is InChI=1S/C17H16FN3O2/c18-14-3-1-12(2-4-14)16-13(5-6-23-16)10-21-17(22)15-7-11(8-19)9-20-15/h1-4,7,9,13,16,20H,5-6,10H2,(H,21,22)/t13-,16-/m0/s1. The lowest BCUT2D eigenvalue weighted by Gasteiger charge is -2.19. The van der Waals surface area contributed by atoms with E-state index < -0.39 is 0 Å². The summed E-state index contributed by atoms with van der Waals surface area (Å²) in [5.41, 5.74) is 1.69. The van der Waals surface area contributed by atoms with Crippen LogP contribution in [0.1, 0.15) is 34.1 Å². The molecule has 23 heavy (non-hydrogen) atoms. The Kier molecular flexibility index (Phi) is 4.40. The van der Waals surface area contributed by atoms with E-state index in [1.165, 1.54) is 24.4 Å². The quantitative estimate of drug-likeness (QED) is 0.910. The zero-order chi connectivity index (χ0) is 16.2. The first-order valence-electron chi connectivity index (χ1n) is 7.41. The minimum Gasteiger partial charge on any atom is -0.373 e. The van der Waals surface area contributed by atoms with Crippen LogP contribution in [-0.2, 0) is 4.74 Å². The largest absolute Gasteiger partial charge is 0.373 e. The van der Waals surface area contributed by atoms with Gasteiger partial charge in [0.05, 0.1) is 11.7 Å². The zero-order valence-electron chi connectivity index (χ0n) is 12.4. The Bertz CT molecular complexity index is 733. The van der Waals surface area contributed by atoms with E-state index in [9.17, 15) is 9.18 Å². The molecule has 1 aliphatic rings. The summed E-state index contributed by atoms with van der Waals surface area (Å²) in [6.07, 6.45) is 2.18. The highest BCUT2D eigenvalue weighted by Crippen LogP contribution is 2.34. The van der Waals surface area contributed by atoms with Crippen molar-refractivity contribution in [3.05, 3.63) is 59.2 Å². The van der Waals surface area contributed by atoms with Gasteiger partial charge in [-0.25, -0.2) is 4.39 Å². The van der Waals surface area contributed by atoms with Crippen molar-refractivity contribution in [2.24, 2.45) is 5.92 Å². The van der Waals surface area contributed by atoms with Crippen molar-refractivity contribution in [2.45, 2.75) is 12.5 Å². The molecule has 0 spiro atoms. The van der Waals surface area contributed by atoms with Crippen molar-refractivity contribution in [1.29, 1.82) is 5.26 Å². The van der Waals surface area contributed by atoms with Crippen molar-refractivity contribution >= 4 is 5.91 Å². The molecule has 0 bridgehead atoms. The van der Waals surface area contributed by atoms with Gasteiger partial charge in [-0.2, -0.15) is 5.26 Å². The van der Waals surface area contributed by atoms with Crippen LogP contribution in [0.25, 0.3) is 0 Å². The highest BCUT2D eigenvalue weighted by molar-refractivity contribution is 5.92. The molecule has 1 amide bonds. The molecule has 1 aliphatic heterocycles. The minimum absolute atomic E-state index is 0.134. The average Bonchev–Trinajstić information content (AvgIpc) is 3.22.